The molecule has 1 heterocycles. The van der Waals surface area contributed by atoms with Crippen LogP contribution < -0.4 is 11.1 Å². The number of nitrogens with two attached hydrogens (primary N) is 1. The topological polar surface area (TPSA) is 94.0 Å². The maximum Gasteiger partial charge on any atom is 0.416 e. The van der Waals surface area contributed by atoms with Gasteiger partial charge in [0.05, 0.1) is 17.9 Å². The molecule has 0 atom stereocenters. The molecule has 0 saturated carbocycles. The van der Waals surface area contributed by atoms with Gasteiger partial charge in [-0.15, -0.1) is 11.8 Å². The third-order valence-electron chi connectivity index (χ3n) is 3.60. The smallest absolute Gasteiger partial charge is 0.375 e. The average molecular weight is 408 g/mol. The maximum atomic E-state index is 12.8. The van der Waals surface area contributed by atoms with Crippen molar-refractivity contribution in [3.05, 3.63) is 60.0 Å². The first-order chi connectivity index (χ1) is 13.3. The van der Waals surface area contributed by atoms with Crippen LogP contribution in [0.15, 0.2) is 57.9 Å². The van der Waals surface area contributed by atoms with Crippen LogP contribution in [0.2, 0.25) is 0 Å². The van der Waals surface area contributed by atoms with E-state index < -0.39 is 17.6 Å². The molecule has 2 aromatic carbocycles. The normalized spacial score (nSPS) is 11.4. The largest absolute Gasteiger partial charge is 0.416 e. The summed E-state index contributed by atoms with van der Waals surface area (Å²) in [7, 11) is 0. The molecule has 0 aliphatic carbocycles. The lowest BCUT2D eigenvalue weighted by molar-refractivity contribution is -0.137. The van der Waals surface area contributed by atoms with Crippen molar-refractivity contribution >= 4 is 23.4 Å². The number of rotatable bonds is 7. The lowest BCUT2D eigenvalue weighted by atomic mass is 10.1. The van der Waals surface area contributed by atoms with E-state index in [1.54, 1.807) is 0 Å². The molecule has 0 spiro atoms. The second-order valence-corrected chi connectivity index (χ2v) is 6.71. The van der Waals surface area contributed by atoms with Crippen molar-refractivity contribution < 1.29 is 22.5 Å². The molecule has 3 N–H and O–H groups in total. The van der Waals surface area contributed by atoms with Crippen molar-refractivity contribution in [2.24, 2.45) is 5.73 Å². The quantitative estimate of drug-likeness (QED) is 0.575. The van der Waals surface area contributed by atoms with E-state index in [0.29, 0.717) is 0 Å². The molecule has 3 rings (SSSR count). The molecule has 1 amide bonds. The number of carbonyl (C=O) groups is 1. The second-order valence-electron chi connectivity index (χ2n) is 5.69. The summed E-state index contributed by atoms with van der Waals surface area (Å²) >= 11 is 1.29. The number of hydrogen-bond donors (Lipinski definition) is 2. The van der Waals surface area contributed by atoms with Crippen LogP contribution in [0.1, 0.15) is 11.5 Å². The highest BCUT2D eigenvalue weighted by Crippen LogP contribution is 2.31. The number of aromatic nitrogens is 2. The van der Waals surface area contributed by atoms with E-state index >= 15 is 0 Å². The summed E-state index contributed by atoms with van der Waals surface area (Å²) in [4.78, 5) is 15.9. The number of anilines is 1. The number of carbonyl (C=O) groups excluding carboxylic acids is 1. The molecule has 0 radical (unpaired) electrons. The zero-order chi connectivity index (χ0) is 20.1. The summed E-state index contributed by atoms with van der Waals surface area (Å²) in [5.41, 5.74) is 5.34. The molecule has 28 heavy (non-hydrogen) atoms. The molecule has 0 bridgehead atoms. The van der Waals surface area contributed by atoms with Crippen molar-refractivity contribution in [1.29, 1.82) is 0 Å². The van der Waals surface area contributed by atoms with Gasteiger partial charge in [0.1, 0.15) is 0 Å². The van der Waals surface area contributed by atoms with Crippen LogP contribution in [-0.2, 0) is 17.5 Å². The Kier molecular flexibility index (Phi) is 5.88. The summed E-state index contributed by atoms with van der Waals surface area (Å²) in [6.45, 7) is 0.167. The molecular formula is C18H15F3N4O2S. The Hall–Kier alpha value is -3.01. The SMILES string of the molecule is NC(=O)CSc1ccccc1NCc1nc(-c2cccc(C(F)(F)F)c2)no1. The summed E-state index contributed by atoms with van der Waals surface area (Å²) in [5.74, 6) is -0.0114. The Morgan fingerprint density at radius 2 is 1.96 bits per heavy atom. The lowest BCUT2D eigenvalue weighted by Gasteiger charge is -2.09. The van der Waals surface area contributed by atoms with Gasteiger partial charge < -0.3 is 15.6 Å². The van der Waals surface area contributed by atoms with E-state index in [2.05, 4.69) is 15.5 Å². The Balaban J connectivity index is 1.70. The van der Waals surface area contributed by atoms with E-state index in [4.69, 9.17) is 10.3 Å². The van der Waals surface area contributed by atoms with Gasteiger partial charge in [0.25, 0.3) is 0 Å². The van der Waals surface area contributed by atoms with Crippen molar-refractivity contribution in [2.75, 3.05) is 11.1 Å². The first-order valence-corrected chi connectivity index (χ1v) is 9.06. The first kappa shape index (κ1) is 19.7. The van der Waals surface area contributed by atoms with Gasteiger partial charge in [-0.2, -0.15) is 18.2 Å². The zero-order valence-corrected chi connectivity index (χ0v) is 15.2. The standard InChI is InChI=1S/C18H15F3N4O2S/c19-18(20,21)12-5-3-4-11(8-12)17-24-16(27-25-17)9-23-13-6-1-2-7-14(13)28-10-15(22)26/h1-8,23H,9-10H2,(H2,22,26). The molecule has 146 valence electrons. The van der Waals surface area contributed by atoms with Crippen LogP contribution in [0.25, 0.3) is 11.4 Å². The lowest BCUT2D eigenvalue weighted by Crippen LogP contribution is -2.13. The third kappa shape index (κ3) is 5.03. The molecular weight excluding hydrogens is 393 g/mol. The molecule has 1 aromatic heterocycles. The van der Waals surface area contributed by atoms with Gasteiger partial charge in [-0.05, 0) is 24.3 Å². The molecule has 3 aromatic rings. The number of amides is 1. The maximum absolute atomic E-state index is 12.8. The fourth-order valence-corrected chi connectivity index (χ4v) is 3.11. The Morgan fingerprint density at radius 1 is 1.18 bits per heavy atom. The average Bonchev–Trinajstić information content (AvgIpc) is 3.14. The van der Waals surface area contributed by atoms with Crippen LogP contribution in [0.5, 0.6) is 0 Å². The number of nitrogens with zero attached hydrogens (tertiary/aromatic N) is 2. The summed E-state index contributed by atoms with van der Waals surface area (Å²) in [6.07, 6.45) is -4.45. The van der Waals surface area contributed by atoms with Gasteiger partial charge in [-0.1, -0.05) is 29.4 Å². The van der Waals surface area contributed by atoms with Crippen LogP contribution >= 0.6 is 11.8 Å². The minimum absolute atomic E-state index is 0.0688. The van der Waals surface area contributed by atoms with Crippen LogP contribution in [-0.4, -0.2) is 21.8 Å². The van der Waals surface area contributed by atoms with Gasteiger partial charge in [0, 0.05) is 16.1 Å². The molecule has 0 aliphatic heterocycles. The number of benzene rings is 2. The number of hydrogen-bond acceptors (Lipinski definition) is 6. The van der Waals surface area contributed by atoms with Gasteiger partial charge in [-0.25, -0.2) is 0 Å². The summed E-state index contributed by atoms with van der Waals surface area (Å²) in [5, 5.41) is 6.85. The predicted octanol–water partition coefficient (Wildman–Crippen LogP) is 3.94. The number of nitrogens with one attached hydrogen (secondary N) is 1. The summed E-state index contributed by atoms with van der Waals surface area (Å²) in [6, 6.07) is 12.0. The van der Waals surface area contributed by atoms with E-state index in [1.165, 1.54) is 23.9 Å². The van der Waals surface area contributed by atoms with Gasteiger partial charge in [0.2, 0.25) is 17.6 Å². The fraction of sp³-hybridized carbons (Fsp3) is 0.167. The van der Waals surface area contributed by atoms with E-state index in [0.717, 1.165) is 22.7 Å². The minimum Gasteiger partial charge on any atom is -0.375 e. The van der Waals surface area contributed by atoms with E-state index in [9.17, 15) is 18.0 Å². The fourth-order valence-electron chi connectivity index (χ4n) is 2.34. The van der Waals surface area contributed by atoms with Gasteiger partial charge in [0.15, 0.2) is 0 Å². The van der Waals surface area contributed by atoms with Crippen LogP contribution in [0, 0.1) is 0 Å². The highest BCUT2D eigenvalue weighted by atomic mass is 32.2. The van der Waals surface area contributed by atoms with Gasteiger partial charge >= 0.3 is 6.18 Å². The second kappa shape index (κ2) is 8.34. The molecule has 10 heteroatoms. The van der Waals surface area contributed by atoms with Crippen molar-refractivity contribution in [2.45, 2.75) is 17.6 Å². The highest BCUT2D eigenvalue weighted by Gasteiger charge is 2.30. The molecule has 0 saturated heterocycles. The number of halogens is 3. The zero-order valence-electron chi connectivity index (χ0n) is 14.4. The van der Waals surface area contributed by atoms with Crippen LogP contribution in [0.4, 0.5) is 18.9 Å². The van der Waals surface area contributed by atoms with E-state index in [-0.39, 0.29) is 29.6 Å². The first-order valence-electron chi connectivity index (χ1n) is 8.07. The highest BCUT2D eigenvalue weighted by molar-refractivity contribution is 8.00. The minimum atomic E-state index is -4.45. The molecule has 6 nitrogen and oxygen atoms in total. The van der Waals surface area contributed by atoms with Crippen LogP contribution in [0.3, 0.4) is 0 Å². The molecule has 0 unspecified atom stereocenters. The molecule has 0 aliphatic rings. The van der Waals surface area contributed by atoms with Gasteiger partial charge in [-0.3, -0.25) is 4.79 Å². The third-order valence-corrected chi connectivity index (χ3v) is 4.70. The molecule has 0 fully saturated rings. The number of para-hydroxylation sites is 1. The number of primary amides is 1. The Morgan fingerprint density at radius 3 is 2.71 bits per heavy atom. The number of thioether (sulfide) groups is 1. The monoisotopic (exact) mass is 408 g/mol. The Labute approximate surface area is 162 Å². The van der Waals surface area contributed by atoms with Crippen molar-refractivity contribution in [1.82, 2.24) is 10.1 Å². The van der Waals surface area contributed by atoms with E-state index in [1.807, 2.05) is 24.3 Å². The summed E-state index contributed by atoms with van der Waals surface area (Å²) < 4.78 is 43.6. The van der Waals surface area contributed by atoms with Crippen molar-refractivity contribution in [3.63, 3.8) is 0 Å². The predicted molar refractivity (Wildman–Crippen MR) is 98.4 cm³/mol. The Bertz CT molecular complexity index is 975. The number of alkyl halides is 3. The van der Waals surface area contributed by atoms with Crippen molar-refractivity contribution in [3.8, 4) is 11.4 Å².